The molecule has 0 aliphatic carbocycles. The number of benzene rings is 1. The zero-order valence-electron chi connectivity index (χ0n) is 12.1. The molecule has 106 valence electrons. The average Bonchev–Trinajstić information content (AvgIpc) is 2.43. The molecule has 0 saturated carbocycles. The van der Waals surface area contributed by atoms with Crippen LogP contribution >= 0.6 is 0 Å². The van der Waals surface area contributed by atoms with E-state index >= 15 is 0 Å². The van der Waals surface area contributed by atoms with Gasteiger partial charge in [-0.2, -0.15) is 4.98 Å². The van der Waals surface area contributed by atoms with Crippen molar-refractivity contribution < 1.29 is 9.47 Å². The minimum Gasteiger partial charge on any atom is -0.478 e. The maximum atomic E-state index is 5.89. The lowest BCUT2D eigenvalue weighted by Gasteiger charge is -2.13. The molecular formula is C16H20N2O2. The molecule has 0 spiro atoms. The van der Waals surface area contributed by atoms with E-state index < -0.39 is 0 Å². The van der Waals surface area contributed by atoms with Crippen molar-refractivity contribution in [3.63, 3.8) is 0 Å². The van der Waals surface area contributed by atoms with Crippen LogP contribution in [-0.2, 0) is 6.54 Å². The van der Waals surface area contributed by atoms with Gasteiger partial charge in [0.25, 0.3) is 0 Å². The first-order valence-electron chi connectivity index (χ1n) is 6.72. The van der Waals surface area contributed by atoms with Gasteiger partial charge in [0.05, 0.1) is 6.61 Å². The second-order valence-corrected chi connectivity index (χ2v) is 4.61. The molecule has 20 heavy (non-hydrogen) atoms. The van der Waals surface area contributed by atoms with Crippen molar-refractivity contribution in [1.29, 1.82) is 0 Å². The summed E-state index contributed by atoms with van der Waals surface area (Å²) in [4.78, 5) is 4.31. The van der Waals surface area contributed by atoms with Crippen molar-refractivity contribution in [2.24, 2.45) is 5.73 Å². The molecule has 4 nitrogen and oxygen atoms in total. The summed E-state index contributed by atoms with van der Waals surface area (Å²) in [6.45, 7) is 7.05. The predicted molar refractivity (Wildman–Crippen MR) is 79.3 cm³/mol. The van der Waals surface area contributed by atoms with Gasteiger partial charge in [0, 0.05) is 18.7 Å². The van der Waals surface area contributed by atoms with Crippen molar-refractivity contribution >= 4 is 0 Å². The number of hydrogen-bond acceptors (Lipinski definition) is 4. The molecule has 0 atom stereocenters. The first kappa shape index (κ1) is 14.3. The molecule has 0 amide bonds. The second-order valence-electron chi connectivity index (χ2n) is 4.61. The summed E-state index contributed by atoms with van der Waals surface area (Å²) in [5, 5.41) is 0. The van der Waals surface area contributed by atoms with Crippen LogP contribution in [-0.4, -0.2) is 11.6 Å². The van der Waals surface area contributed by atoms with Gasteiger partial charge >= 0.3 is 0 Å². The second kappa shape index (κ2) is 6.39. The number of pyridine rings is 1. The zero-order valence-corrected chi connectivity index (χ0v) is 12.1. The maximum Gasteiger partial charge on any atom is 0.222 e. The van der Waals surface area contributed by atoms with E-state index in [1.54, 1.807) is 0 Å². The van der Waals surface area contributed by atoms with E-state index in [2.05, 4.69) is 4.98 Å². The fourth-order valence-corrected chi connectivity index (χ4v) is 2.10. The lowest BCUT2D eigenvalue weighted by molar-refractivity contribution is 0.320. The van der Waals surface area contributed by atoms with Crippen LogP contribution in [0.25, 0.3) is 0 Å². The molecule has 0 aliphatic rings. The van der Waals surface area contributed by atoms with Gasteiger partial charge in [0.15, 0.2) is 0 Å². The molecular weight excluding hydrogens is 252 g/mol. The topological polar surface area (TPSA) is 57.4 Å². The number of aromatic nitrogens is 1. The van der Waals surface area contributed by atoms with Gasteiger partial charge in [-0.25, -0.2) is 0 Å². The number of nitrogens with two attached hydrogens (primary N) is 1. The SMILES string of the molecule is CCOc1cccc(Oc2c(C)cc(CN)cc2C)n1. The standard InChI is InChI=1S/C16H20N2O2/c1-4-19-14-6-5-7-15(18-14)20-16-11(2)8-13(10-17)9-12(16)3/h5-9H,4,10,17H2,1-3H3. The Balaban J connectivity index is 2.28. The highest BCUT2D eigenvalue weighted by Gasteiger charge is 2.08. The van der Waals surface area contributed by atoms with Crippen molar-refractivity contribution in [1.82, 2.24) is 4.98 Å². The number of rotatable bonds is 5. The number of nitrogens with zero attached hydrogens (tertiary/aromatic N) is 1. The van der Waals surface area contributed by atoms with Gasteiger partial charge in [-0.3, -0.25) is 0 Å². The lowest BCUT2D eigenvalue weighted by Crippen LogP contribution is -2.00. The van der Waals surface area contributed by atoms with E-state index in [1.807, 2.05) is 51.1 Å². The average molecular weight is 272 g/mol. The summed E-state index contributed by atoms with van der Waals surface area (Å²) in [7, 11) is 0. The Morgan fingerprint density at radius 3 is 2.35 bits per heavy atom. The summed E-state index contributed by atoms with van der Waals surface area (Å²) >= 11 is 0. The van der Waals surface area contributed by atoms with Gasteiger partial charge in [0.1, 0.15) is 5.75 Å². The molecule has 2 rings (SSSR count). The van der Waals surface area contributed by atoms with Crippen molar-refractivity contribution in [2.45, 2.75) is 27.3 Å². The summed E-state index contributed by atoms with van der Waals surface area (Å²) in [5.41, 5.74) is 8.87. The number of aryl methyl sites for hydroxylation is 2. The Labute approximate surface area is 119 Å². The molecule has 0 unspecified atom stereocenters. The highest BCUT2D eigenvalue weighted by atomic mass is 16.5. The summed E-state index contributed by atoms with van der Waals surface area (Å²) in [6, 6.07) is 9.57. The van der Waals surface area contributed by atoms with Crippen LogP contribution in [0.15, 0.2) is 30.3 Å². The lowest BCUT2D eigenvalue weighted by atomic mass is 10.1. The minimum atomic E-state index is 0.528. The van der Waals surface area contributed by atoms with E-state index in [0.29, 0.717) is 24.9 Å². The van der Waals surface area contributed by atoms with E-state index in [0.717, 1.165) is 22.4 Å². The van der Waals surface area contributed by atoms with Crippen molar-refractivity contribution in [3.05, 3.63) is 47.0 Å². The molecule has 0 saturated heterocycles. The van der Waals surface area contributed by atoms with E-state index in [1.165, 1.54) is 0 Å². The Morgan fingerprint density at radius 1 is 1.10 bits per heavy atom. The Bertz CT molecular complexity index is 574. The fraction of sp³-hybridized carbons (Fsp3) is 0.312. The highest BCUT2D eigenvalue weighted by molar-refractivity contribution is 5.45. The third-order valence-corrected chi connectivity index (χ3v) is 2.95. The molecule has 0 radical (unpaired) electrons. The first-order chi connectivity index (χ1) is 9.63. The smallest absolute Gasteiger partial charge is 0.222 e. The molecule has 1 aromatic heterocycles. The van der Waals surface area contributed by atoms with Crippen LogP contribution in [0.5, 0.6) is 17.5 Å². The summed E-state index contributed by atoms with van der Waals surface area (Å²) in [6.07, 6.45) is 0. The highest BCUT2D eigenvalue weighted by Crippen LogP contribution is 2.29. The van der Waals surface area contributed by atoms with Crippen LogP contribution in [0, 0.1) is 13.8 Å². The quantitative estimate of drug-likeness (QED) is 0.906. The molecule has 1 heterocycles. The van der Waals surface area contributed by atoms with Crippen molar-refractivity contribution in [2.75, 3.05) is 6.61 Å². The van der Waals surface area contributed by atoms with Gasteiger partial charge < -0.3 is 15.2 Å². The van der Waals surface area contributed by atoms with E-state index in [-0.39, 0.29) is 0 Å². The molecule has 4 heteroatoms. The van der Waals surface area contributed by atoms with Gasteiger partial charge in [0.2, 0.25) is 11.8 Å². The molecule has 1 aromatic carbocycles. The van der Waals surface area contributed by atoms with Crippen molar-refractivity contribution in [3.8, 4) is 17.5 Å². The minimum absolute atomic E-state index is 0.528. The van der Waals surface area contributed by atoms with Gasteiger partial charge in [-0.05, 0) is 37.5 Å². The van der Waals surface area contributed by atoms with Crippen LogP contribution < -0.4 is 15.2 Å². The third-order valence-electron chi connectivity index (χ3n) is 2.95. The Kier molecular flexibility index (Phi) is 4.58. The van der Waals surface area contributed by atoms with Crippen LogP contribution in [0.4, 0.5) is 0 Å². The van der Waals surface area contributed by atoms with Gasteiger partial charge in [-0.15, -0.1) is 0 Å². The third kappa shape index (κ3) is 3.27. The predicted octanol–water partition coefficient (Wildman–Crippen LogP) is 3.35. The summed E-state index contributed by atoms with van der Waals surface area (Å²) in [5.74, 6) is 1.92. The van der Waals surface area contributed by atoms with Crippen LogP contribution in [0.3, 0.4) is 0 Å². The molecule has 2 N–H and O–H groups in total. The maximum absolute atomic E-state index is 5.89. The largest absolute Gasteiger partial charge is 0.478 e. The van der Waals surface area contributed by atoms with E-state index in [9.17, 15) is 0 Å². The fourth-order valence-electron chi connectivity index (χ4n) is 2.10. The Hall–Kier alpha value is -2.07. The molecule has 0 aliphatic heterocycles. The van der Waals surface area contributed by atoms with Crippen LogP contribution in [0.2, 0.25) is 0 Å². The molecule has 2 aromatic rings. The molecule has 0 fully saturated rings. The summed E-state index contributed by atoms with van der Waals surface area (Å²) < 4.78 is 11.3. The monoisotopic (exact) mass is 272 g/mol. The van der Waals surface area contributed by atoms with E-state index in [4.69, 9.17) is 15.2 Å². The Morgan fingerprint density at radius 2 is 1.75 bits per heavy atom. The number of ether oxygens (including phenoxy) is 2. The molecule has 0 bridgehead atoms. The first-order valence-corrected chi connectivity index (χ1v) is 6.72. The zero-order chi connectivity index (χ0) is 14.5. The van der Waals surface area contributed by atoms with Crippen LogP contribution in [0.1, 0.15) is 23.6 Å². The normalized spacial score (nSPS) is 10.4. The number of hydrogen-bond donors (Lipinski definition) is 1. The van der Waals surface area contributed by atoms with Gasteiger partial charge in [-0.1, -0.05) is 18.2 Å².